The topological polar surface area (TPSA) is 54.9 Å². The summed E-state index contributed by atoms with van der Waals surface area (Å²) in [7, 11) is 0. The Morgan fingerprint density at radius 1 is 1.00 bits per heavy atom. The second kappa shape index (κ2) is 9.95. The van der Waals surface area contributed by atoms with E-state index in [-0.39, 0.29) is 11.6 Å². The molecule has 2 heterocycles. The lowest BCUT2D eigenvalue weighted by Crippen LogP contribution is -2.21. The van der Waals surface area contributed by atoms with Crippen molar-refractivity contribution in [3.63, 3.8) is 0 Å². The number of carbonyl (C=O) groups is 1. The van der Waals surface area contributed by atoms with Crippen molar-refractivity contribution in [3.05, 3.63) is 77.0 Å². The molecule has 0 spiro atoms. The van der Waals surface area contributed by atoms with Crippen LogP contribution in [0, 0.1) is 29.3 Å². The zero-order valence-corrected chi connectivity index (χ0v) is 19.5. The van der Waals surface area contributed by atoms with Crippen molar-refractivity contribution in [3.8, 4) is 11.3 Å². The summed E-state index contributed by atoms with van der Waals surface area (Å²) < 4.78 is 43.8. The van der Waals surface area contributed by atoms with Gasteiger partial charge < -0.3 is 5.32 Å². The summed E-state index contributed by atoms with van der Waals surface area (Å²) in [5.74, 6) is -1.91. The maximum atomic E-state index is 14.6. The first-order chi connectivity index (χ1) is 16.3. The van der Waals surface area contributed by atoms with Crippen LogP contribution in [-0.4, -0.2) is 15.9 Å². The third kappa shape index (κ3) is 4.98. The van der Waals surface area contributed by atoms with Gasteiger partial charge in [-0.05, 0) is 84.9 Å². The van der Waals surface area contributed by atoms with Gasteiger partial charge >= 0.3 is 0 Å². The zero-order valence-electron chi connectivity index (χ0n) is 19.5. The van der Waals surface area contributed by atoms with Crippen molar-refractivity contribution in [2.45, 2.75) is 52.4 Å². The normalized spacial score (nSPS) is 20.2. The third-order valence-corrected chi connectivity index (χ3v) is 6.55. The lowest BCUT2D eigenvalue weighted by atomic mass is 9.74. The van der Waals surface area contributed by atoms with Crippen LogP contribution in [0.1, 0.15) is 67.6 Å². The molecule has 3 atom stereocenters. The summed E-state index contributed by atoms with van der Waals surface area (Å²) in [6.07, 6.45) is 6.93. The van der Waals surface area contributed by atoms with Crippen molar-refractivity contribution >= 4 is 11.6 Å². The summed E-state index contributed by atoms with van der Waals surface area (Å²) in [6.45, 7) is 6.23. The predicted molar refractivity (Wildman–Crippen MR) is 126 cm³/mol. The standard InChI is InChI=1S/C27H28F3N3O/c1-4-17-12-21(29)25(22(30)13-17)26-20(28)5-6-23(32-26)27(34)33-24-14-31-8-7-19(24)18-10-15(2)9-16(3)11-18/h5-8,12-16,18H,4,9-11H2,1-3H3,(H,33,34)/t15-,16?,18?/m0/s1. The summed E-state index contributed by atoms with van der Waals surface area (Å²) >= 11 is 0. The number of halogens is 3. The quantitative estimate of drug-likeness (QED) is 0.443. The van der Waals surface area contributed by atoms with Crippen molar-refractivity contribution in [1.82, 2.24) is 9.97 Å². The molecule has 178 valence electrons. The van der Waals surface area contributed by atoms with Crippen LogP contribution >= 0.6 is 0 Å². The van der Waals surface area contributed by atoms with E-state index in [4.69, 9.17) is 0 Å². The van der Waals surface area contributed by atoms with Gasteiger partial charge in [-0.25, -0.2) is 18.2 Å². The van der Waals surface area contributed by atoms with Gasteiger partial charge in [0.05, 0.1) is 17.4 Å². The Hall–Kier alpha value is -3.22. The number of nitrogens with zero attached hydrogens (tertiary/aromatic N) is 2. The largest absolute Gasteiger partial charge is 0.319 e. The number of benzene rings is 1. The highest BCUT2D eigenvalue weighted by Gasteiger charge is 2.27. The van der Waals surface area contributed by atoms with Crippen LogP contribution < -0.4 is 5.32 Å². The molecule has 1 aromatic carbocycles. The molecule has 4 rings (SSSR count). The molecule has 0 saturated heterocycles. The third-order valence-electron chi connectivity index (χ3n) is 6.55. The van der Waals surface area contributed by atoms with E-state index in [9.17, 15) is 18.0 Å². The predicted octanol–water partition coefficient (Wildman–Crippen LogP) is 6.92. The average molecular weight is 468 g/mol. The van der Waals surface area contributed by atoms with Crippen LogP contribution in [0.2, 0.25) is 0 Å². The molecule has 0 bridgehead atoms. The Morgan fingerprint density at radius 3 is 2.32 bits per heavy atom. The number of aromatic nitrogens is 2. The first-order valence-corrected chi connectivity index (χ1v) is 11.7. The minimum atomic E-state index is -0.920. The summed E-state index contributed by atoms with van der Waals surface area (Å²) in [4.78, 5) is 21.2. The smallest absolute Gasteiger partial charge is 0.274 e. The molecular weight excluding hydrogens is 439 g/mol. The number of amides is 1. The van der Waals surface area contributed by atoms with Gasteiger partial charge in [-0.3, -0.25) is 9.78 Å². The molecule has 1 amide bonds. The molecule has 34 heavy (non-hydrogen) atoms. The molecule has 1 fully saturated rings. The van der Waals surface area contributed by atoms with Crippen LogP contribution in [0.5, 0.6) is 0 Å². The fourth-order valence-electron chi connectivity index (χ4n) is 5.05. The zero-order chi connectivity index (χ0) is 24.4. The van der Waals surface area contributed by atoms with Gasteiger partial charge in [-0.15, -0.1) is 0 Å². The second-order valence-electron chi connectivity index (χ2n) is 9.35. The summed E-state index contributed by atoms with van der Waals surface area (Å²) in [6, 6.07) is 6.42. The van der Waals surface area contributed by atoms with Gasteiger partial charge in [0.25, 0.3) is 5.91 Å². The number of nitrogens with one attached hydrogen (secondary N) is 1. The Kier molecular flexibility index (Phi) is 7.00. The van der Waals surface area contributed by atoms with E-state index in [1.807, 2.05) is 6.07 Å². The highest BCUT2D eigenvalue weighted by molar-refractivity contribution is 6.03. The number of hydrogen-bond acceptors (Lipinski definition) is 3. The molecule has 1 N–H and O–H groups in total. The maximum absolute atomic E-state index is 14.6. The number of aryl methyl sites for hydroxylation is 1. The van der Waals surface area contributed by atoms with Gasteiger partial charge in [0.2, 0.25) is 0 Å². The molecule has 1 aliphatic carbocycles. The average Bonchev–Trinajstić information content (AvgIpc) is 2.79. The lowest BCUT2D eigenvalue weighted by Gasteiger charge is -2.32. The molecule has 1 saturated carbocycles. The monoisotopic (exact) mass is 467 g/mol. The van der Waals surface area contributed by atoms with Crippen LogP contribution in [0.25, 0.3) is 11.3 Å². The number of pyridine rings is 2. The molecule has 1 aliphatic rings. The first kappa shape index (κ1) is 23.9. The van der Waals surface area contributed by atoms with Crippen molar-refractivity contribution in [2.24, 2.45) is 11.8 Å². The highest BCUT2D eigenvalue weighted by atomic mass is 19.1. The minimum absolute atomic E-state index is 0.144. The van der Waals surface area contributed by atoms with Gasteiger partial charge in [-0.1, -0.05) is 20.8 Å². The van der Waals surface area contributed by atoms with Crippen molar-refractivity contribution < 1.29 is 18.0 Å². The second-order valence-corrected chi connectivity index (χ2v) is 9.35. The van der Waals surface area contributed by atoms with E-state index in [1.165, 1.54) is 12.5 Å². The van der Waals surface area contributed by atoms with Gasteiger partial charge in [0.1, 0.15) is 28.8 Å². The molecular formula is C27H28F3N3O. The first-order valence-electron chi connectivity index (χ1n) is 11.7. The van der Waals surface area contributed by atoms with Gasteiger partial charge in [-0.2, -0.15) is 0 Å². The molecule has 0 radical (unpaired) electrons. The van der Waals surface area contributed by atoms with E-state index in [0.29, 0.717) is 29.5 Å². The number of hydrogen-bond donors (Lipinski definition) is 1. The molecule has 0 aliphatic heterocycles. The van der Waals surface area contributed by atoms with Crippen LogP contribution in [-0.2, 0) is 6.42 Å². The van der Waals surface area contributed by atoms with E-state index < -0.39 is 34.6 Å². The van der Waals surface area contributed by atoms with Crippen molar-refractivity contribution in [1.29, 1.82) is 0 Å². The van der Waals surface area contributed by atoms with E-state index in [0.717, 1.165) is 36.6 Å². The Labute approximate surface area is 197 Å². The van der Waals surface area contributed by atoms with E-state index in [1.54, 1.807) is 19.3 Å². The number of carbonyl (C=O) groups excluding carboxylic acids is 1. The highest BCUT2D eigenvalue weighted by Crippen LogP contribution is 2.41. The minimum Gasteiger partial charge on any atom is -0.319 e. The summed E-state index contributed by atoms with van der Waals surface area (Å²) in [5, 5.41) is 2.83. The Morgan fingerprint density at radius 2 is 1.68 bits per heavy atom. The van der Waals surface area contributed by atoms with Crippen LogP contribution in [0.4, 0.5) is 18.9 Å². The van der Waals surface area contributed by atoms with Crippen LogP contribution in [0.15, 0.2) is 42.7 Å². The fraction of sp³-hybridized carbons (Fsp3) is 0.370. The lowest BCUT2D eigenvalue weighted by molar-refractivity contribution is 0.102. The van der Waals surface area contributed by atoms with Gasteiger partial charge in [0, 0.05) is 6.20 Å². The molecule has 7 heteroatoms. The molecule has 3 aromatic rings. The molecule has 2 unspecified atom stereocenters. The van der Waals surface area contributed by atoms with E-state index >= 15 is 0 Å². The Balaban J connectivity index is 1.64. The van der Waals surface area contributed by atoms with Crippen molar-refractivity contribution in [2.75, 3.05) is 5.32 Å². The van der Waals surface area contributed by atoms with Crippen LogP contribution in [0.3, 0.4) is 0 Å². The van der Waals surface area contributed by atoms with E-state index in [2.05, 4.69) is 29.1 Å². The SMILES string of the molecule is CCc1cc(F)c(-c2nc(C(=O)Nc3cnccc3C3CC(C)C[C@H](C)C3)ccc2F)c(F)c1. The Bertz CT molecular complexity index is 1180. The van der Waals surface area contributed by atoms with Gasteiger partial charge in [0.15, 0.2) is 0 Å². The number of rotatable bonds is 5. The molecule has 2 aromatic heterocycles. The molecule has 4 nitrogen and oxygen atoms in total. The summed E-state index contributed by atoms with van der Waals surface area (Å²) in [5.41, 5.74) is 0.745. The maximum Gasteiger partial charge on any atom is 0.274 e. The fourth-order valence-corrected chi connectivity index (χ4v) is 5.05. The number of anilines is 1.